The van der Waals surface area contributed by atoms with E-state index in [2.05, 4.69) is 15.3 Å². The molecule has 1 heterocycles. The second-order valence-corrected chi connectivity index (χ2v) is 7.11. The molecular formula is C21H24N4O. The van der Waals surface area contributed by atoms with Gasteiger partial charge in [-0.1, -0.05) is 49.6 Å². The molecule has 134 valence electrons. The minimum Gasteiger partial charge on any atom is -0.397 e. The Hall–Kier alpha value is -2.82. The van der Waals surface area contributed by atoms with Crippen molar-refractivity contribution in [3.05, 3.63) is 64.1 Å². The molecule has 5 heteroatoms. The molecule has 0 radical (unpaired) electrons. The number of H-pyrrole nitrogens is 1. The maximum absolute atomic E-state index is 12.4. The van der Waals surface area contributed by atoms with Gasteiger partial charge in [0, 0.05) is 12.5 Å². The minimum absolute atomic E-state index is 0.159. The molecule has 1 aromatic heterocycles. The predicted molar refractivity (Wildman–Crippen MR) is 107 cm³/mol. The van der Waals surface area contributed by atoms with Crippen LogP contribution in [0.25, 0.3) is 11.0 Å². The zero-order chi connectivity index (χ0) is 17.9. The van der Waals surface area contributed by atoms with Gasteiger partial charge in [0.15, 0.2) is 0 Å². The summed E-state index contributed by atoms with van der Waals surface area (Å²) in [6.45, 7) is 0. The molecule has 1 aliphatic rings. The first-order chi connectivity index (χ1) is 12.7. The number of nitrogens with one attached hydrogen (secondary N) is 2. The van der Waals surface area contributed by atoms with E-state index in [9.17, 15) is 4.79 Å². The Balaban J connectivity index is 1.66. The van der Waals surface area contributed by atoms with Gasteiger partial charge in [0.1, 0.15) is 5.69 Å². The maximum atomic E-state index is 12.4. The number of nitrogens with two attached hydrogens (primary N) is 1. The van der Waals surface area contributed by atoms with E-state index in [1.54, 1.807) is 6.07 Å². The average molecular weight is 348 g/mol. The Labute approximate surface area is 152 Å². The van der Waals surface area contributed by atoms with Crippen LogP contribution in [-0.4, -0.2) is 16.0 Å². The lowest BCUT2D eigenvalue weighted by atomic mass is 9.95. The molecule has 4 rings (SSSR count). The van der Waals surface area contributed by atoms with Crippen LogP contribution in [-0.2, 0) is 6.42 Å². The zero-order valence-corrected chi connectivity index (χ0v) is 14.8. The Kier molecular flexibility index (Phi) is 4.61. The third kappa shape index (κ3) is 3.57. The Morgan fingerprint density at radius 2 is 1.88 bits per heavy atom. The minimum atomic E-state index is -0.159. The highest BCUT2D eigenvalue weighted by atomic mass is 16.1. The molecular weight excluding hydrogens is 324 g/mol. The molecule has 0 spiro atoms. The van der Waals surface area contributed by atoms with Crippen LogP contribution < -0.4 is 16.6 Å². The summed E-state index contributed by atoms with van der Waals surface area (Å²) >= 11 is 0. The van der Waals surface area contributed by atoms with Crippen molar-refractivity contribution >= 4 is 22.4 Å². The number of fused-ring (bicyclic) bond motifs is 1. The van der Waals surface area contributed by atoms with E-state index in [0.717, 1.165) is 16.8 Å². The molecule has 5 nitrogen and oxygen atoms in total. The van der Waals surface area contributed by atoms with Gasteiger partial charge >= 0.3 is 0 Å². The predicted octanol–water partition coefficient (Wildman–Crippen LogP) is 3.84. The number of aromatic amines is 1. The first kappa shape index (κ1) is 16.6. The highest BCUT2D eigenvalue weighted by molar-refractivity contribution is 5.86. The van der Waals surface area contributed by atoms with Crippen molar-refractivity contribution in [2.75, 3.05) is 11.1 Å². The van der Waals surface area contributed by atoms with Crippen LogP contribution in [0, 0.1) is 0 Å². The van der Waals surface area contributed by atoms with Gasteiger partial charge < -0.3 is 16.0 Å². The van der Waals surface area contributed by atoms with Crippen LogP contribution in [0.4, 0.5) is 11.4 Å². The standard InChI is InChI=1S/C21H24N4O/c22-16-12-18-19(13-17(16)23-15-9-5-2-6-10-15)24-20(21(26)25-18)11-14-7-3-1-4-8-14/h1,3-4,7-8,12-13,15,23H,2,5-6,9-11,22H2,(H,25,26). The number of hydrogen-bond acceptors (Lipinski definition) is 4. The van der Waals surface area contributed by atoms with Gasteiger partial charge in [0.25, 0.3) is 5.56 Å². The van der Waals surface area contributed by atoms with Crippen LogP contribution in [0.1, 0.15) is 43.4 Å². The zero-order valence-electron chi connectivity index (χ0n) is 14.8. The van der Waals surface area contributed by atoms with Crippen molar-refractivity contribution in [3.8, 4) is 0 Å². The summed E-state index contributed by atoms with van der Waals surface area (Å²) < 4.78 is 0. The van der Waals surface area contributed by atoms with Crippen molar-refractivity contribution in [2.45, 2.75) is 44.6 Å². The lowest BCUT2D eigenvalue weighted by Crippen LogP contribution is -2.23. The van der Waals surface area contributed by atoms with Gasteiger partial charge in [0.2, 0.25) is 0 Å². The molecule has 0 aliphatic heterocycles. The summed E-state index contributed by atoms with van der Waals surface area (Å²) in [5.41, 5.74) is 10.6. The Morgan fingerprint density at radius 3 is 2.65 bits per heavy atom. The Morgan fingerprint density at radius 1 is 1.12 bits per heavy atom. The molecule has 0 saturated heterocycles. The topological polar surface area (TPSA) is 83.8 Å². The SMILES string of the molecule is Nc1cc2[nH]c(=O)c(Cc3ccccc3)nc2cc1NC1CCCCC1. The van der Waals surface area contributed by atoms with E-state index in [4.69, 9.17) is 5.73 Å². The van der Waals surface area contributed by atoms with Crippen LogP contribution >= 0.6 is 0 Å². The average Bonchev–Trinajstić information content (AvgIpc) is 2.65. The lowest BCUT2D eigenvalue weighted by Gasteiger charge is -2.24. The quantitative estimate of drug-likeness (QED) is 0.626. The van der Waals surface area contributed by atoms with E-state index in [1.165, 1.54) is 32.1 Å². The van der Waals surface area contributed by atoms with E-state index in [0.29, 0.717) is 29.4 Å². The normalized spacial score (nSPS) is 15.2. The second kappa shape index (κ2) is 7.20. The van der Waals surface area contributed by atoms with Crippen molar-refractivity contribution in [1.82, 2.24) is 9.97 Å². The highest BCUT2D eigenvalue weighted by Gasteiger charge is 2.15. The number of nitrogen functional groups attached to an aromatic ring is 1. The molecule has 0 bridgehead atoms. The first-order valence-corrected chi connectivity index (χ1v) is 9.32. The van der Waals surface area contributed by atoms with Crippen molar-refractivity contribution in [3.63, 3.8) is 0 Å². The van der Waals surface area contributed by atoms with Gasteiger partial charge in [-0.25, -0.2) is 4.98 Å². The smallest absolute Gasteiger partial charge is 0.270 e. The monoisotopic (exact) mass is 348 g/mol. The van der Waals surface area contributed by atoms with Crippen molar-refractivity contribution in [1.29, 1.82) is 0 Å². The molecule has 4 N–H and O–H groups in total. The number of nitrogens with zero attached hydrogens (tertiary/aromatic N) is 1. The maximum Gasteiger partial charge on any atom is 0.270 e. The van der Waals surface area contributed by atoms with E-state index < -0.39 is 0 Å². The number of rotatable bonds is 4. The molecule has 0 unspecified atom stereocenters. The van der Waals surface area contributed by atoms with Crippen LogP contribution in [0.5, 0.6) is 0 Å². The number of hydrogen-bond donors (Lipinski definition) is 3. The number of anilines is 2. The van der Waals surface area contributed by atoms with Crippen LogP contribution in [0.2, 0.25) is 0 Å². The molecule has 2 aromatic carbocycles. The fourth-order valence-electron chi connectivity index (χ4n) is 3.69. The highest BCUT2D eigenvalue weighted by Crippen LogP contribution is 2.28. The molecule has 26 heavy (non-hydrogen) atoms. The molecule has 0 atom stereocenters. The lowest BCUT2D eigenvalue weighted by molar-refractivity contribution is 0.463. The van der Waals surface area contributed by atoms with Gasteiger partial charge in [-0.15, -0.1) is 0 Å². The molecule has 3 aromatic rings. The van der Waals surface area contributed by atoms with Crippen molar-refractivity contribution in [2.24, 2.45) is 0 Å². The summed E-state index contributed by atoms with van der Waals surface area (Å²) in [5, 5.41) is 3.57. The number of aromatic nitrogens is 2. The fourth-order valence-corrected chi connectivity index (χ4v) is 3.69. The summed E-state index contributed by atoms with van der Waals surface area (Å²) in [6.07, 6.45) is 6.71. The number of benzene rings is 2. The first-order valence-electron chi connectivity index (χ1n) is 9.32. The van der Waals surface area contributed by atoms with E-state index in [1.807, 2.05) is 36.4 Å². The van der Waals surface area contributed by atoms with Crippen LogP contribution in [0.3, 0.4) is 0 Å². The van der Waals surface area contributed by atoms with Gasteiger partial charge in [-0.2, -0.15) is 0 Å². The molecule has 1 saturated carbocycles. The molecule has 0 amide bonds. The van der Waals surface area contributed by atoms with Gasteiger partial charge in [-0.3, -0.25) is 4.79 Å². The van der Waals surface area contributed by atoms with Crippen molar-refractivity contribution < 1.29 is 0 Å². The molecule has 1 aliphatic carbocycles. The van der Waals surface area contributed by atoms with Gasteiger partial charge in [0.05, 0.1) is 22.4 Å². The third-order valence-electron chi connectivity index (χ3n) is 5.11. The Bertz CT molecular complexity index is 959. The van der Waals surface area contributed by atoms with E-state index >= 15 is 0 Å². The van der Waals surface area contributed by atoms with E-state index in [-0.39, 0.29) is 5.56 Å². The fraction of sp³-hybridized carbons (Fsp3) is 0.333. The van der Waals surface area contributed by atoms with Crippen LogP contribution in [0.15, 0.2) is 47.3 Å². The summed E-state index contributed by atoms with van der Waals surface area (Å²) in [5.74, 6) is 0. The second-order valence-electron chi connectivity index (χ2n) is 7.11. The molecule has 1 fully saturated rings. The van der Waals surface area contributed by atoms with Gasteiger partial charge in [-0.05, 0) is 30.5 Å². The largest absolute Gasteiger partial charge is 0.397 e. The summed E-state index contributed by atoms with van der Waals surface area (Å²) in [6, 6.07) is 14.2. The summed E-state index contributed by atoms with van der Waals surface area (Å²) in [7, 11) is 0. The summed E-state index contributed by atoms with van der Waals surface area (Å²) in [4.78, 5) is 19.9. The third-order valence-corrected chi connectivity index (χ3v) is 5.11.